The van der Waals surface area contributed by atoms with Crippen LogP contribution in [0, 0.1) is 0 Å². The molecule has 22 heavy (non-hydrogen) atoms. The summed E-state index contributed by atoms with van der Waals surface area (Å²) in [6, 6.07) is 4.76. The average Bonchev–Trinajstić information content (AvgIpc) is 2.47. The van der Waals surface area contributed by atoms with Crippen LogP contribution in [0.4, 0.5) is 19.0 Å². The molecule has 2 aromatic rings. The largest absolute Gasteiger partial charge is 0.486 e. The van der Waals surface area contributed by atoms with Crippen molar-refractivity contribution in [2.75, 3.05) is 18.6 Å². The molecule has 0 saturated carbocycles. The van der Waals surface area contributed by atoms with Crippen LogP contribution in [0.5, 0.6) is 5.75 Å². The first-order chi connectivity index (χ1) is 10.4. The van der Waals surface area contributed by atoms with E-state index in [0.29, 0.717) is 23.7 Å². The second-order valence-electron chi connectivity index (χ2n) is 4.88. The van der Waals surface area contributed by atoms with Gasteiger partial charge in [-0.2, -0.15) is 18.2 Å². The zero-order chi connectivity index (χ0) is 15.9. The van der Waals surface area contributed by atoms with Crippen LogP contribution in [-0.2, 0) is 6.18 Å². The molecule has 1 aromatic carbocycles. The molecule has 2 heterocycles. The van der Waals surface area contributed by atoms with Crippen molar-refractivity contribution < 1.29 is 17.9 Å². The van der Waals surface area contributed by atoms with E-state index in [1.807, 2.05) is 4.90 Å². The normalized spacial score (nSPS) is 17.9. The molecule has 1 aliphatic heterocycles. The van der Waals surface area contributed by atoms with Gasteiger partial charge in [-0.1, -0.05) is 12.1 Å². The minimum atomic E-state index is -4.35. The predicted molar refractivity (Wildman–Crippen MR) is 75.1 cm³/mol. The van der Waals surface area contributed by atoms with Gasteiger partial charge in [0.1, 0.15) is 6.61 Å². The van der Waals surface area contributed by atoms with E-state index in [-0.39, 0.29) is 11.3 Å². The zero-order valence-electron chi connectivity index (χ0n) is 11.4. The summed E-state index contributed by atoms with van der Waals surface area (Å²) in [5.41, 5.74) is 0.0253. The third-order valence-corrected chi connectivity index (χ3v) is 3.71. The van der Waals surface area contributed by atoms with Gasteiger partial charge in [-0.15, -0.1) is 0 Å². The molecule has 3 rings (SSSR count). The zero-order valence-corrected chi connectivity index (χ0v) is 12.2. The van der Waals surface area contributed by atoms with Gasteiger partial charge < -0.3 is 9.64 Å². The average molecular weight is 330 g/mol. The highest BCUT2D eigenvalue weighted by Gasteiger charge is 2.32. The molecular formula is C14H11ClF3N3O. The van der Waals surface area contributed by atoms with Crippen molar-refractivity contribution in [1.82, 2.24) is 9.97 Å². The molecule has 4 nitrogen and oxygen atoms in total. The van der Waals surface area contributed by atoms with Gasteiger partial charge in [0.15, 0.2) is 11.6 Å². The molecule has 8 heteroatoms. The fourth-order valence-electron chi connectivity index (χ4n) is 2.34. The summed E-state index contributed by atoms with van der Waals surface area (Å²) in [4.78, 5) is 9.76. The highest BCUT2D eigenvalue weighted by Crippen LogP contribution is 2.37. The minimum Gasteiger partial charge on any atom is -0.486 e. The van der Waals surface area contributed by atoms with Crippen LogP contribution in [0.25, 0.3) is 0 Å². The standard InChI is InChI=1S/C14H11ClF3N3O/c1-21-10(7-22-11-6-19-13(15)20-12(11)21)8-2-4-9(5-3-8)14(16,17)18/h2-6,10H,7H2,1H3. The van der Waals surface area contributed by atoms with Crippen molar-refractivity contribution >= 4 is 17.4 Å². The molecule has 0 aliphatic carbocycles. The van der Waals surface area contributed by atoms with Crippen molar-refractivity contribution in [2.24, 2.45) is 0 Å². The van der Waals surface area contributed by atoms with Crippen LogP contribution < -0.4 is 9.64 Å². The van der Waals surface area contributed by atoms with E-state index in [1.54, 1.807) is 7.05 Å². The van der Waals surface area contributed by atoms with E-state index >= 15 is 0 Å². The molecule has 0 radical (unpaired) electrons. The van der Waals surface area contributed by atoms with Gasteiger partial charge in [0.25, 0.3) is 0 Å². The Morgan fingerprint density at radius 3 is 2.59 bits per heavy atom. The van der Waals surface area contributed by atoms with Crippen LogP contribution in [0.3, 0.4) is 0 Å². The van der Waals surface area contributed by atoms with E-state index in [0.717, 1.165) is 12.1 Å². The SMILES string of the molecule is CN1c2nc(Cl)ncc2OCC1c1ccc(C(F)(F)F)cc1. The Labute approximate surface area is 129 Å². The van der Waals surface area contributed by atoms with Gasteiger partial charge in [0.05, 0.1) is 17.8 Å². The first-order valence-electron chi connectivity index (χ1n) is 6.41. The van der Waals surface area contributed by atoms with Crippen LogP contribution in [-0.4, -0.2) is 23.6 Å². The number of anilines is 1. The lowest BCUT2D eigenvalue weighted by Crippen LogP contribution is -2.34. The number of nitrogens with zero attached hydrogens (tertiary/aromatic N) is 3. The second-order valence-corrected chi connectivity index (χ2v) is 5.22. The van der Waals surface area contributed by atoms with Crippen LogP contribution in [0.15, 0.2) is 30.5 Å². The van der Waals surface area contributed by atoms with E-state index < -0.39 is 11.7 Å². The number of benzene rings is 1. The van der Waals surface area contributed by atoms with Crippen molar-refractivity contribution in [2.45, 2.75) is 12.2 Å². The number of fused-ring (bicyclic) bond motifs is 1. The maximum atomic E-state index is 12.6. The molecule has 1 aromatic heterocycles. The second kappa shape index (κ2) is 5.31. The van der Waals surface area contributed by atoms with Gasteiger partial charge in [0, 0.05) is 7.05 Å². The Morgan fingerprint density at radius 1 is 1.27 bits per heavy atom. The number of rotatable bonds is 1. The van der Waals surface area contributed by atoms with E-state index in [2.05, 4.69) is 9.97 Å². The molecule has 0 saturated heterocycles. The quantitative estimate of drug-likeness (QED) is 0.747. The lowest BCUT2D eigenvalue weighted by molar-refractivity contribution is -0.137. The van der Waals surface area contributed by atoms with Gasteiger partial charge in [-0.3, -0.25) is 0 Å². The molecule has 116 valence electrons. The molecule has 1 atom stereocenters. The number of alkyl halides is 3. The van der Waals surface area contributed by atoms with E-state index in [9.17, 15) is 13.2 Å². The topological polar surface area (TPSA) is 38.2 Å². The summed E-state index contributed by atoms with van der Waals surface area (Å²) in [5, 5.41) is 0.0854. The molecule has 1 aliphatic rings. The monoisotopic (exact) mass is 329 g/mol. The Kier molecular flexibility index (Phi) is 3.60. The smallest absolute Gasteiger partial charge is 0.416 e. The summed E-state index contributed by atoms with van der Waals surface area (Å²) >= 11 is 5.78. The third-order valence-electron chi connectivity index (χ3n) is 3.53. The van der Waals surface area contributed by atoms with Crippen LogP contribution in [0.1, 0.15) is 17.2 Å². The van der Waals surface area contributed by atoms with Crippen LogP contribution >= 0.6 is 11.6 Å². The van der Waals surface area contributed by atoms with E-state index in [4.69, 9.17) is 16.3 Å². The summed E-state index contributed by atoms with van der Waals surface area (Å²) in [7, 11) is 1.78. The first kappa shape index (κ1) is 14.9. The first-order valence-corrected chi connectivity index (χ1v) is 6.79. The third kappa shape index (κ3) is 2.68. The fraction of sp³-hybridized carbons (Fsp3) is 0.286. The maximum absolute atomic E-state index is 12.6. The highest BCUT2D eigenvalue weighted by atomic mass is 35.5. The fourth-order valence-corrected chi connectivity index (χ4v) is 2.47. The van der Waals surface area contributed by atoms with Crippen molar-refractivity contribution in [3.8, 4) is 5.75 Å². The minimum absolute atomic E-state index is 0.0854. The molecule has 0 spiro atoms. The number of aromatic nitrogens is 2. The van der Waals surface area contributed by atoms with E-state index in [1.165, 1.54) is 18.3 Å². The van der Waals surface area contributed by atoms with Crippen molar-refractivity contribution in [3.05, 3.63) is 46.9 Å². The molecule has 0 fully saturated rings. The molecular weight excluding hydrogens is 319 g/mol. The lowest BCUT2D eigenvalue weighted by Gasteiger charge is -2.34. The van der Waals surface area contributed by atoms with Crippen molar-refractivity contribution in [3.63, 3.8) is 0 Å². The summed E-state index contributed by atoms with van der Waals surface area (Å²) in [6.45, 7) is 0.292. The Morgan fingerprint density at radius 2 is 1.95 bits per heavy atom. The number of hydrogen-bond donors (Lipinski definition) is 0. The summed E-state index contributed by atoms with van der Waals surface area (Å²) < 4.78 is 43.4. The van der Waals surface area contributed by atoms with Gasteiger partial charge in [0.2, 0.25) is 5.28 Å². The maximum Gasteiger partial charge on any atom is 0.416 e. The van der Waals surface area contributed by atoms with Crippen molar-refractivity contribution in [1.29, 1.82) is 0 Å². The molecule has 0 amide bonds. The summed E-state index contributed by atoms with van der Waals surface area (Å²) in [5.74, 6) is 1.01. The lowest BCUT2D eigenvalue weighted by atomic mass is 10.0. The Bertz CT molecular complexity index is 691. The van der Waals surface area contributed by atoms with Gasteiger partial charge in [-0.25, -0.2) is 4.98 Å². The number of hydrogen-bond acceptors (Lipinski definition) is 4. The van der Waals surface area contributed by atoms with Crippen LogP contribution in [0.2, 0.25) is 5.28 Å². The Hall–Kier alpha value is -2.02. The molecule has 1 unspecified atom stereocenters. The predicted octanol–water partition coefficient (Wildman–Crippen LogP) is 3.72. The highest BCUT2D eigenvalue weighted by molar-refractivity contribution is 6.28. The number of halogens is 4. The van der Waals surface area contributed by atoms with Gasteiger partial charge >= 0.3 is 6.18 Å². The number of ether oxygens (including phenoxy) is 1. The molecule has 0 N–H and O–H groups in total. The van der Waals surface area contributed by atoms with Gasteiger partial charge in [-0.05, 0) is 29.3 Å². The molecule has 0 bridgehead atoms. The summed E-state index contributed by atoms with van der Waals surface area (Å²) in [6.07, 6.45) is -2.87. The number of likely N-dealkylation sites (N-methyl/N-ethyl adjacent to an activating group) is 1. The Balaban J connectivity index is 1.90.